The van der Waals surface area contributed by atoms with Gasteiger partial charge in [0.1, 0.15) is 5.82 Å². The van der Waals surface area contributed by atoms with Gasteiger partial charge in [-0.25, -0.2) is 9.37 Å². The van der Waals surface area contributed by atoms with Crippen molar-refractivity contribution in [3.05, 3.63) is 87.2 Å². The first kappa shape index (κ1) is 22.5. The third kappa shape index (κ3) is 4.67. The molecule has 0 bridgehead atoms. The van der Waals surface area contributed by atoms with Crippen molar-refractivity contribution in [2.45, 2.75) is 52.0 Å². The zero-order valence-electron chi connectivity index (χ0n) is 19.6. The maximum Gasteiger partial charge on any atom is 0.257 e. The second-order valence-electron chi connectivity index (χ2n) is 9.64. The summed E-state index contributed by atoms with van der Waals surface area (Å²) in [6.07, 6.45) is 6.24. The Balaban J connectivity index is 1.18. The number of hydrogen-bond donors (Lipinski definition) is 0. The molecular weight excluding hydrogens is 429 g/mol. The predicted octanol–water partition coefficient (Wildman–Crippen LogP) is 4.33. The summed E-state index contributed by atoms with van der Waals surface area (Å²) in [5.41, 5.74) is 6.12. The van der Waals surface area contributed by atoms with E-state index in [9.17, 15) is 14.0 Å². The van der Waals surface area contributed by atoms with Gasteiger partial charge in [0, 0.05) is 37.2 Å². The summed E-state index contributed by atoms with van der Waals surface area (Å²) in [6, 6.07) is 13.0. The molecule has 2 aromatic carbocycles. The van der Waals surface area contributed by atoms with Crippen LogP contribution in [0.3, 0.4) is 0 Å². The number of halogens is 1. The number of nitrogens with zero attached hydrogens (tertiary/aromatic N) is 3. The number of likely N-dealkylation sites (tertiary alicyclic amines) is 1. The molecule has 1 amide bonds. The maximum absolute atomic E-state index is 13.1. The zero-order valence-corrected chi connectivity index (χ0v) is 19.6. The van der Waals surface area contributed by atoms with E-state index in [1.54, 1.807) is 10.9 Å². The Morgan fingerprint density at radius 3 is 2.62 bits per heavy atom. The van der Waals surface area contributed by atoms with Crippen molar-refractivity contribution in [1.29, 1.82) is 0 Å². The van der Waals surface area contributed by atoms with Crippen LogP contribution in [-0.2, 0) is 30.6 Å². The number of rotatable bonds is 5. The summed E-state index contributed by atoms with van der Waals surface area (Å²) >= 11 is 0. The molecule has 5 rings (SSSR count). The highest BCUT2D eigenvalue weighted by Crippen LogP contribution is 2.30. The number of aryl methyl sites for hydroxylation is 3. The van der Waals surface area contributed by atoms with Crippen LogP contribution in [0.5, 0.6) is 0 Å². The molecule has 0 atom stereocenters. The summed E-state index contributed by atoms with van der Waals surface area (Å²) in [5.74, 6) is 0.386. The van der Waals surface area contributed by atoms with Crippen LogP contribution in [0.2, 0.25) is 0 Å². The standard InChI is InChI=1S/C28H30FN3O2/c1-19-2-5-22-6-9-24-27(25(22)16-19)30-18-32(28(24)34)15-12-26(33)31-13-10-21(11-14-31)17-20-3-7-23(29)8-4-20/h2-5,7-8,16,18,21H,6,9-15,17H2,1H3. The lowest BCUT2D eigenvalue weighted by Crippen LogP contribution is -2.39. The van der Waals surface area contributed by atoms with Crippen molar-refractivity contribution < 1.29 is 9.18 Å². The van der Waals surface area contributed by atoms with Gasteiger partial charge in [0.2, 0.25) is 5.91 Å². The summed E-state index contributed by atoms with van der Waals surface area (Å²) in [6.45, 7) is 3.87. The van der Waals surface area contributed by atoms with Crippen LogP contribution in [0, 0.1) is 18.7 Å². The van der Waals surface area contributed by atoms with Gasteiger partial charge in [-0.05, 0) is 74.3 Å². The van der Waals surface area contributed by atoms with E-state index >= 15 is 0 Å². The molecule has 1 aliphatic heterocycles. The molecule has 0 radical (unpaired) electrons. The van der Waals surface area contributed by atoms with Gasteiger partial charge in [0.25, 0.3) is 5.56 Å². The van der Waals surface area contributed by atoms with Gasteiger partial charge in [0.05, 0.1) is 12.0 Å². The monoisotopic (exact) mass is 459 g/mol. The number of hydrogen-bond acceptors (Lipinski definition) is 3. The Morgan fingerprint density at radius 2 is 1.85 bits per heavy atom. The van der Waals surface area contributed by atoms with E-state index in [0.717, 1.165) is 66.7 Å². The van der Waals surface area contributed by atoms with E-state index in [0.29, 0.717) is 25.3 Å². The van der Waals surface area contributed by atoms with E-state index in [-0.39, 0.29) is 17.3 Å². The van der Waals surface area contributed by atoms with Crippen LogP contribution in [-0.4, -0.2) is 33.4 Å². The van der Waals surface area contributed by atoms with E-state index < -0.39 is 0 Å². The molecule has 0 unspecified atom stereocenters. The van der Waals surface area contributed by atoms with Crippen molar-refractivity contribution in [3.63, 3.8) is 0 Å². The molecule has 0 spiro atoms. The average molecular weight is 460 g/mol. The van der Waals surface area contributed by atoms with Crippen molar-refractivity contribution in [2.75, 3.05) is 13.1 Å². The van der Waals surface area contributed by atoms with Crippen LogP contribution in [0.1, 0.15) is 41.5 Å². The highest BCUT2D eigenvalue weighted by Gasteiger charge is 2.24. The molecule has 1 fully saturated rings. The fourth-order valence-corrected chi connectivity index (χ4v) is 5.25. The first-order valence-electron chi connectivity index (χ1n) is 12.2. The summed E-state index contributed by atoms with van der Waals surface area (Å²) in [5, 5.41) is 0. The quantitative estimate of drug-likeness (QED) is 0.571. The summed E-state index contributed by atoms with van der Waals surface area (Å²) < 4.78 is 14.7. The van der Waals surface area contributed by atoms with Gasteiger partial charge in [-0.1, -0.05) is 29.8 Å². The molecule has 3 aromatic rings. The molecule has 0 N–H and O–H groups in total. The molecule has 5 nitrogen and oxygen atoms in total. The van der Waals surface area contributed by atoms with Crippen molar-refractivity contribution in [1.82, 2.24) is 14.5 Å². The van der Waals surface area contributed by atoms with Gasteiger partial charge in [-0.3, -0.25) is 14.2 Å². The number of amides is 1. The molecule has 34 heavy (non-hydrogen) atoms. The average Bonchev–Trinajstić information content (AvgIpc) is 2.85. The number of carbonyl (C=O) groups is 1. The minimum Gasteiger partial charge on any atom is -0.343 e. The Kier molecular flexibility index (Phi) is 6.31. The van der Waals surface area contributed by atoms with E-state index in [4.69, 9.17) is 0 Å². The van der Waals surface area contributed by atoms with Crippen molar-refractivity contribution in [2.24, 2.45) is 5.92 Å². The smallest absolute Gasteiger partial charge is 0.257 e. The molecule has 1 aliphatic carbocycles. The Bertz CT molecular complexity index is 1260. The molecule has 2 aliphatic rings. The Labute approximate surface area is 199 Å². The lowest BCUT2D eigenvalue weighted by molar-refractivity contribution is -0.132. The van der Waals surface area contributed by atoms with Crippen LogP contribution < -0.4 is 5.56 Å². The number of benzene rings is 2. The molecule has 2 heterocycles. The number of carbonyl (C=O) groups excluding carboxylic acids is 1. The number of fused-ring (bicyclic) bond motifs is 3. The molecule has 1 aromatic heterocycles. The predicted molar refractivity (Wildman–Crippen MR) is 130 cm³/mol. The molecule has 1 saturated heterocycles. The van der Waals surface area contributed by atoms with Crippen LogP contribution >= 0.6 is 0 Å². The van der Waals surface area contributed by atoms with Crippen LogP contribution in [0.25, 0.3) is 11.3 Å². The van der Waals surface area contributed by atoms with Gasteiger partial charge >= 0.3 is 0 Å². The van der Waals surface area contributed by atoms with Gasteiger partial charge < -0.3 is 4.90 Å². The third-order valence-electron chi connectivity index (χ3n) is 7.27. The largest absolute Gasteiger partial charge is 0.343 e. The SMILES string of the molecule is Cc1ccc2c(c1)-c1ncn(CCC(=O)N3CCC(Cc4ccc(F)cc4)CC3)c(=O)c1CC2. The topological polar surface area (TPSA) is 55.2 Å². The van der Waals surface area contributed by atoms with Gasteiger partial charge in [-0.15, -0.1) is 0 Å². The highest BCUT2D eigenvalue weighted by atomic mass is 19.1. The fraction of sp³-hybridized carbons (Fsp3) is 0.393. The fourth-order valence-electron chi connectivity index (χ4n) is 5.25. The van der Waals surface area contributed by atoms with Gasteiger partial charge in [-0.2, -0.15) is 0 Å². The van der Waals surface area contributed by atoms with E-state index in [2.05, 4.69) is 23.2 Å². The summed E-state index contributed by atoms with van der Waals surface area (Å²) in [7, 11) is 0. The third-order valence-corrected chi connectivity index (χ3v) is 7.27. The van der Waals surface area contributed by atoms with E-state index in [1.807, 2.05) is 24.0 Å². The second kappa shape index (κ2) is 9.53. The van der Waals surface area contributed by atoms with Crippen molar-refractivity contribution in [3.8, 4) is 11.3 Å². The van der Waals surface area contributed by atoms with Crippen molar-refractivity contribution >= 4 is 5.91 Å². The molecule has 0 saturated carbocycles. The zero-order chi connectivity index (χ0) is 23.7. The summed E-state index contributed by atoms with van der Waals surface area (Å²) in [4.78, 5) is 32.5. The number of aromatic nitrogens is 2. The van der Waals surface area contributed by atoms with E-state index in [1.165, 1.54) is 17.7 Å². The molecular formula is C28H30FN3O2. The highest BCUT2D eigenvalue weighted by molar-refractivity contribution is 5.76. The Hall–Kier alpha value is -3.28. The maximum atomic E-state index is 13.1. The minimum absolute atomic E-state index is 0.0250. The molecule has 6 heteroatoms. The first-order valence-corrected chi connectivity index (χ1v) is 12.2. The minimum atomic E-state index is -0.211. The van der Waals surface area contributed by atoms with Crippen LogP contribution in [0.4, 0.5) is 4.39 Å². The number of piperidine rings is 1. The lowest BCUT2D eigenvalue weighted by Gasteiger charge is -2.32. The molecule has 176 valence electrons. The van der Waals surface area contributed by atoms with Crippen LogP contribution in [0.15, 0.2) is 53.6 Å². The Morgan fingerprint density at radius 1 is 1.09 bits per heavy atom. The normalized spacial score (nSPS) is 15.6. The van der Waals surface area contributed by atoms with Gasteiger partial charge in [0.15, 0.2) is 0 Å². The first-order chi connectivity index (χ1) is 16.5. The lowest BCUT2D eigenvalue weighted by atomic mass is 9.88. The second-order valence-corrected chi connectivity index (χ2v) is 9.64.